The van der Waals surface area contributed by atoms with Crippen LogP contribution in [0.5, 0.6) is 0 Å². The fraction of sp³-hybridized carbons (Fsp3) is 0.485. The van der Waals surface area contributed by atoms with Crippen molar-refractivity contribution in [3.8, 4) is 0 Å². The van der Waals surface area contributed by atoms with Crippen LogP contribution in [0.2, 0.25) is 43.5 Å². The van der Waals surface area contributed by atoms with Gasteiger partial charge in [0, 0.05) is 0 Å². The fourth-order valence-electron chi connectivity index (χ4n) is 7.39. The minimum atomic E-state index is -1.81. The number of unbranched alkanes of at least 4 members (excludes halogenated alkanes) is 2. The van der Waals surface area contributed by atoms with Crippen LogP contribution in [-0.4, -0.2) is 16.1 Å². The third-order valence-corrected chi connectivity index (χ3v) is 23.9. The van der Waals surface area contributed by atoms with Crippen LogP contribution in [0.25, 0.3) is 12.2 Å². The Balaban J connectivity index is 1.53. The SMILES string of the molecule is Cc1cccc2c1C=C[CH]2[Sc]([CH2]CCCC[C]([Si](C)(C)C)[Si](C)(C)C)[CH]1C=Cc2c(C)ccc(C)c21. The average molecular weight is 546 g/mol. The van der Waals surface area contributed by atoms with Crippen LogP contribution < -0.4 is 0 Å². The van der Waals surface area contributed by atoms with Crippen molar-refractivity contribution in [2.75, 3.05) is 0 Å². The maximum atomic E-state index is 2.62. The van der Waals surface area contributed by atoms with Crippen molar-refractivity contribution in [1.82, 2.24) is 0 Å². The van der Waals surface area contributed by atoms with Crippen LogP contribution in [0, 0.1) is 25.9 Å². The van der Waals surface area contributed by atoms with Gasteiger partial charge in [0.05, 0.1) is 0 Å². The standard InChI is InChI=1S/C12H28Si2.C11H11.C10H9.Sc/c1-8-9-10-11-12(13(2,3)4)14(5,6)7;1-8-6-7-9(2)11-5-3-4-10(8)11;1-8-4-2-5-9-6-3-7-10(8)9;/h1,8-11H2,2-7H3;3-7H,1-2H3;2-7H,1H3;. The molecule has 0 heterocycles. The Labute approximate surface area is 232 Å². The van der Waals surface area contributed by atoms with Gasteiger partial charge in [0.25, 0.3) is 0 Å². The van der Waals surface area contributed by atoms with Gasteiger partial charge in [-0.3, -0.25) is 0 Å². The monoisotopic (exact) mass is 545 g/mol. The van der Waals surface area contributed by atoms with E-state index in [0.717, 1.165) is 0 Å². The number of fused-ring (bicyclic) bond motifs is 2. The Bertz CT molecular complexity index is 1130. The van der Waals surface area contributed by atoms with Crippen LogP contribution in [-0.2, 0) is 21.4 Å². The van der Waals surface area contributed by atoms with Gasteiger partial charge in [-0.25, -0.2) is 0 Å². The van der Waals surface area contributed by atoms with Gasteiger partial charge in [0.15, 0.2) is 0 Å². The number of hydrogen-bond donors (Lipinski definition) is 0. The van der Waals surface area contributed by atoms with Gasteiger partial charge in [0.2, 0.25) is 0 Å². The zero-order valence-electron chi connectivity index (χ0n) is 24.5. The first-order valence-electron chi connectivity index (χ1n) is 14.3. The van der Waals surface area contributed by atoms with Crippen LogP contribution in [0.3, 0.4) is 0 Å². The number of hydrogen-bond acceptors (Lipinski definition) is 0. The molecule has 4 rings (SSSR count). The van der Waals surface area contributed by atoms with E-state index in [1.165, 1.54) is 57.7 Å². The van der Waals surface area contributed by atoms with Gasteiger partial charge in [-0.05, 0) is 0 Å². The summed E-state index contributed by atoms with van der Waals surface area (Å²) in [6.45, 7) is 22.4. The second-order valence-electron chi connectivity index (χ2n) is 13.6. The first kappa shape index (κ1) is 28.2. The number of rotatable bonds is 10. The molecule has 0 spiro atoms. The molecule has 2 aliphatic carbocycles. The van der Waals surface area contributed by atoms with E-state index in [4.69, 9.17) is 0 Å². The molecule has 0 aliphatic heterocycles. The summed E-state index contributed by atoms with van der Waals surface area (Å²) in [5, 5.41) is 2.01. The van der Waals surface area contributed by atoms with Crippen molar-refractivity contribution in [2.24, 2.45) is 0 Å². The van der Waals surface area contributed by atoms with Crippen LogP contribution in [0.4, 0.5) is 0 Å². The van der Waals surface area contributed by atoms with Crippen molar-refractivity contribution in [3.05, 3.63) is 86.6 Å². The Kier molecular flexibility index (Phi) is 8.74. The quantitative estimate of drug-likeness (QED) is 0.206. The average Bonchev–Trinajstić information content (AvgIpc) is 3.41. The van der Waals surface area contributed by atoms with E-state index in [2.05, 4.69) is 115 Å². The Morgan fingerprint density at radius 3 is 2.00 bits per heavy atom. The topological polar surface area (TPSA) is 0 Å². The third-order valence-electron chi connectivity index (χ3n) is 8.91. The molecule has 36 heavy (non-hydrogen) atoms. The molecule has 0 saturated carbocycles. The van der Waals surface area contributed by atoms with Crippen LogP contribution >= 0.6 is 0 Å². The molecule has 2 unspecified atom stereocenters. The van der Waals surface area contributed by atoms with Gasteiger partial charge in [-0.2, -0.15) is 0 Å². The third kappa shape index (κ3) is 5.94. The van der Waals surface area contributed by atoms with Crippen LogP contribution in [0.15, 0.2) is 42.5 Å². The molecule has 0 nitrogen and oxygen atoms in total. The Morgan fingerprint density at radius 1 is 0.694 bits per heavy atom. The summed E-state index contributed by atoms with van der Waals surface area (Å²) in [4.78, 5) is 0. The van der Waals surface area contributed by atoms with E-state index < -0.39 is 37.6 Å². The van der Waals surface area contributed by atoms with Crippen molar-refractivity contribution in [2.45, 2.75) is 97.3 Å². The second-order valence-corrected chi connectivity index (χ2v) is 29.5. The molecule has 0 amide bonds. The summed E-state index contributed by atoms with van der Waals surface area (Å²) < 4.78 is 2.91. The molecule has 2 aliphatic rings. The summed E-state index contributed by atoms with van der Waals surface area (Å²) in [5.41, 5.74) is 10.8. The molecule has 0 fully saturated rings. The summed E-state index contributed by atoms with van der Waals surface area (Å²) in [5.74, 6) is 0. The predicted octanol–water partition coefficient (Wildman–Crippen LogP) is 10.4. The summed E-state index contributed by atoms with van der Waals surface area (Å²) in [6.07, 6.45) is 15.8. The van der Waals surface area contributed by atoms with Crippen molar-refractivity contribution < 1.29 is 21.4 Å². The molecule has 191 valence electrons. The molecule has 1 radical (unpaired) electrons. The van der Waals surface area contributed by atoms with Gasteiger partial charge >= 0.3 is 234 Å². The molecule has 2 atom stereocenters. The zero-order valence-corrected chi connectivity index (χ0v) is 28.3. The molecular weight excluding hydrogens is 497 g/mol. The normalized spacial score (nSPS) is 18.7. The molecule has 2 aromatic rings. The van der Waals surface area contributed by atoms with Crippen molar-refractivity contribution >= 4 is 28.3 Å². The first-order chi connectivity index (χ1) is 16.9. The van der Waals surface area contributed by atoms with Gasteiger partial charge in [-0.1, -0.05) is 0 Å². The molecule has 3 heteroatoms. The van der Waals surface area contributed by atoms with E-state index in [1.54, 1.807) is 11.1 Å². The first-order valence-corrected chi connectivity index (χ1v) is 24.7. The number of allylic oxidation sites excluding steroid dienone is 2. The molecule has 0 N–H and O–H groups in total. The van der Waals surface area contributed by atoms with Crippen LogP contribution in [0.1, 0.15) is 72.0 Å². The van der Waals surface area contributed by atoms with Gasteiger partial charge < -0.3 is 0 Å². The second kappa shape index (κ2) is 11.1. The molecule has 0 saturated heterocycles. The summed E-state index contributed by atoms with van der Waals surface area (Å²) in [6, 6.07) is 11.7. The number of aryl methyl sites for hydroxylation is 3. The molecule has 0 aromatic heterocycles. The van der Waals surface area contributed by atoms with Gasteiger partial charge in [-0.15, -0.1) is 0 Å². The Morgan fingerprint density at radius 2 is 1.31 bits per heavy atom. The van der Waals surface area contributed by atoms with E-state index in [-0.39, 0.29) is 0 Å². The number of benzene rings is 2. The summed E-state index contributed by atoms with van der Waals surface area (Å²) in [7, 11) is -2.34. The van der Waals surface area contributed by atoms with E-state index in [0.29, 0.717) is 7.35 Å². The molecule has 2 aromatic carbocycles. The maximum absolute atomic E-state index is 2.62. The van der Waals surface area contributed by atoms with Gasteiger partial charge in [0.1, 0.15) is 0 Å². The Hall–Kier alpha value is -0.776. The van der Waals surface area contributed by atoms with Crippen molar-refractivity contribution in [1.29, 1.82) is 0 Å². The van der Waals surface area contributed by atoms with E-state index in [1.807, 2.05) is 5.16 Å². The fourth-order valence-corrected chi connectivity index (χ4v) is 25.0. The molecular formula is C33H48ScSi2. The van der Waals surface area contributed by atoms with Crippen molar-refractivity contribution in [3.63, 3.8) is 0 Å². The van der Waals surface area contributed by atoms with E-state index >= 15 is 0 Å². The molecule has 0 bridgehead atoms. The zero-order chi connectivity index (χ0) is 26.3. The minimum absolute atomic E-state index is 0.707. The summed E-state index contributed by atoms with van der Waals surface area (Å²) >= 11 is -1.81. The predicted molar refractivity (Wildman–Crippen MR) is 164 cm³/mol. The van der Waals surface area contributed by atoms with E-state index in [9.17, 15) is 0 Å².